The normalized spacial score (nSPS) is 10.7. The molecule has 0 N–H and O–H groups in total. The Morgan fingerprint density at radius 3 is 2.25 bits per heavy atom. The Morgan fingerprint density at radius 2 is 1.64 bits per heavy atom. The molecule has 3 rings (SSSR count). The lowest BCUT2D eigenvalue weighted by molar-refractivity contribution is -0.114. The number of aryl methyl sites for hydroxylation is 1. The Balaban J connectivity index is 2.04. The lowest BCUT2D eigenvalue weighted by Gasteiger charge is -2.14. The number of hydrogen-bond acceptors (Lipinski definition) is 5. The highest BCUT2D eigenvalue weighted by Crippen LogP contribution is 2.45. The van der Waals surface area contributed by atoms with E-state index in [0.29, 0.717) is 45.6 Å². The van der Waals surface area contributed by atoms with Gasteiger partial charge in [0.25, 0.3) is 0 Å². The summed E-state index contributed by atoms with van der Waals surface area (Å²) >= 11 is 13.0. The van der Waals surface area contributed by atoms with Crippen molar-refractivity contribution in [2.75, 3.05) is 14.2 Å². The van der Waals surface area contributed by atoms with Gasteiger partial charge in [0.1, 0.15) is 11.5 Å². The van der Waals surface area contributed by atoms with Crippen molar-refractivity contribution < 1.29 is 14.3 Å². The Labute approximate surface area is 172 Å². The van der Waals surface area contributed by atoms with Gasteiger partial charge in [-0.1, -0.05) is 29.8 Å². The number of hydrogen-bond donors (Lipinski definition) is 0. The second-order valence-electron chi connectivity index (χ2n) is 6.05. The van der Waals surface area contributed by atoms with Gasteiger partial charge in [-0.3, -0.25) is 14.8 Å². The summed E-state index contributed by atoms with van der Waals surface area (Å²) in [7, 11) is 3.05. The quantitative estimate of drug-likeness (QED) is 0.488. The molecule has 0 spiro atoms. The van der Waals surface area contributed by atoms with Crippen LogP contribution in [-0.4, -0.2) is 30.0 Å². The Morgan fingerprint density at radius 1 is 1.04 bits per heavy atom. The van der Waals surface area contributed by atoms with E-state index in [0.717, 1.165) is 16.5 Å². The number of methoxy groups -OCH3 is 2. The lowest BCUT2D eigenvalue weighted by atomic mass is 10.1. The number of allylic oxidation sites excluding steroid dienone is 1. The highest BCUT2D eigenvalue weighted by Gasteiger charge is 2.20. The van der Waals surface area contributed by atoms with Gasteiger partial charge in [-0.15, -0.1) is 0 Å². The third-order valence-corrected chi connectivity index (χ3v) is 5.10. The molecule has 0 fully saturated rings. The molecule has 144 valence electrons. The zero-order valence-electron chi connectivity index (χ0n) is 15.5. The van der Waals surface area contributed by atoms with Crippen LogP contribution in [0.2, 0.25) is 10.0 Å². The van der Waals surface area contributed by atoms with Crippen LogP contribution in [-0.2, 0) is 11.2 Å². The standard InChI is InChI=1S/C21H18Cl2N2O3/c1-4-15(26)6-5-14-7-12-11-25-16(8-13(12)10-24-14)19-20(22)17(27-2)9-18(28-3)21(19)23/h4,7-11H,1,5-6H2,2-3H3. The van der Waals surface area contributed by atoms with Crippen LogP contribution < -0.4 is 9.47 Å². The van der Waals surface area contributed by atoms with Crippen LogP contribution in [0.1, 0.15) is 12.1 Å². The molecule has 7 heteroatoms. The number of pyridine rings is 2. The van der Waals surface area contributed by atoms with E-state index in [2.05, 4.69) is 16.5 Å². The van der Waals surface area contributed by atoms with Gasteiger partial charge < -0.3 is 9.47 Å². The van der Waals surface area contributed by atoms with Crippen LogP contribution in [0, 0.1) is 0 Å². The fourth-order valence-corrected chi connectivity index (χ4v) is 3.51. The van der Waals surface area contributed by atoms with E-state index in [-0.39, 0.29) is 5.78 Å². The first-order valence-electron chi connectivity index (χ1n) is 8.48. The monoisotopic (exact) mass is 416 g/mol. The number of benzene rings is 1. The number of ether oxygens (including phenoxy) is 2. The van der Waals surface area contributed by atoms with Crippen molar-refractivity contribution in [3.05, 3.63) is 59.0 Å². The van der Waals surface area contributed by atoms with Crippen LogP contribution in [0.4, 0.5) is 0 Å². The average molecular weight is 417 g/mol. The number of aromatic nitrogens is 2. The van der Waals surface area contributed by atoms with E-state index >= 15 is 0 Å². The highest BCUT2D eigenvalue weighted by atomic mass is 35.5. The molecule has 2 heterocycles. The predicted octanol–water partition coefficient (Wildman–Crippen LogP) is 5.31. The topological polar surface area (TPSA) is 61.3 Å². The minimum atomic E-state index is -0.00775. The van der Waals surface area contributed by atoms with Gasteiger partial charge in [-0.25, -0.2) is 0 Å². The summed E-state index contributed by atoms with van der Waals surface area (Å²) in [5.41, 5.74) is 1.93. The fraction of sp³-hybridized carbons (Fsp3) is 0.190. The number of halogens is 2. The molecular formula is C21H18Cl2N2O3. The van der Waals surface area contributed by atoms with Crippen molar-refractivity contribution in [3.63, 3.8) is 0 Å². The first kappa shape index (κ1) is 20.1. The molecule has 0 unspecified atom stereocenters. The molecule has 0 aliphatic heterocycles. The van der Waals surface area contributed by atoms with Gasteiger partial charge in [0, 0.05) is 46.9 Å². The molecule has 0 saturated carbocycles. The van der Waals surface area contributed by atoms with Crippen LogP contribution in [0.15, 0.2) is 43.2 Å². The van der Waals surface area contributed by atoms with Gasteiger partial charge >= 0.3 is 0 Å². The first-order valence-corrected chi connectivity index (χ1v) is 9.24. The zero-order chi connectivity index (χ0) is 20.3. The molecule has 2 aromatic heterocycles. The Bertz CT molecular complexity index is 1040. The first-order chi connectivity index (χ1) is 13.5. The molecule has 5 nitrogen and oxygen atoms in total. The molecule has 0 saturated heterocycles. The van der Waals surface area contributed by atoms with Crippen molar-refractivity contribution in [3.8, 4) is 22.8 Å². The van der Waals surface area contributed by atoms with Crippen molar-refractivity contribution in [2.24, 2.45) is 0 Å². The van der Waals surface area contributed by atoms with Crippen molar-refractivity contribution in [1.29, 1.82) is 0 Å². The Kier molecular flexibility index (Phi) is 6.17. The van der Waals surface area contributed by atoms with E-state index in [9.17, 15) is 4.79 Å². The number of nitrogens with zero attached hydrogens (tertiary/aromatic N) is 2. The maximum Gasteiger partial charge on any atom is 0.155 e. The molecule has 0 aliphatic carbocycles. The summed E-state index contributed by atoms with van der Waals surface area (Å²) in [6.45, 7) is 3.48. The van der Waals surface area contributed by atoms with Gasteiger partial charge in [-0.05, 0) is 24.6 Å². The maximum atomic E-state index is 11.4. The van der Waals surface area contributed by atoms with Gasteiger partial charge in [0.15, 0.2) is 5.78 Å². The minimum absolute atomic E-state index is 0.00775. The Hall–Kier alpha value is -2.63. The summed E-state index contributed by atoms with van der Waals surface area (Å²) in [5.74, 6) is 0.881. The summed E-state index contributed by atoms with van der Waals surface area (Å²) in [6.07, 6.45) is 5.72. The number of rotatable bonds is 7. The molecule has 0 amide bonds. The maximum absolute atomic E-state index is 11.4. The van der Waals surface area contributed by atoms with Gasteiger partial charge in [0.05, 0.1) is 30.0 Å². The minimum Gasteiger partial charge on any atom is -0.495 e. The molecule has 3 aromatic rings. The molecule has 0 atom stereocenters. The fourth-order valence-electron chi connectivity index (χ4n) is 2.82. The zero-order valence-corrected chi connectivity index (χ0v) is 17.0. The third kappa shape index (κ3) is 3.96. The van der Waals surface area contributed by atoms with Crippen molar-refractivity contribution >= 4 is 39.8 Å². The molecular weight excluding hydrogens is 399 g/mol. The number of carbonyl (C=O) groups is 1. The molecule has 28 heavy (non-hydrogen) atoms. The highest BCUT2D eigenvalue weighted by molar-refractivity contribution is 6.41. The largest absolute Gasteiger partial charge is 0.495 e. The van der Waals surface area contributed by atoms with Gasteiger partial charge in [0.2, 0.25) is 0 Å². The second-order valence-corrected chi connectivity index (χ2v) is 6.80. The van der Waals surface area contributed by atoms with Crippen LogP contribution in [0.25, 0.3) is 22.0 Å². The number of carbonyl (C=O) groups excluding carboxylic acids is 1. The van der Waals surface area contributed by atoms with E-state index < -0.39 is 0 Å². The summed E-state index contributed by atoms with van der Waals surface area (Å²) in [6, 6.07) is 5.40. The smallest absolute Gasteiger partial charge is 0.155 e. The number of ketones is 1. The van der Waals surface area contributed by atoms with Crippen LogP contribution in [0.3, 0.4) is 0 Å². The molecule has 0 radical (unpaired) electrons. The van der Waals surface area contributed by atoms with Crippen molar-refractivity contribution in [1.82, 2.24) is 9.97 Å². The summed E-state index contributed by atoms with van der Waals surface area (Å²) < 4.78 is 10.6. The summed E-state index contributed by atoms with van der Waals surface area (Å²) in [5, 5.41) is 2.49. The molecule has 1 aromatic carbocycles. The van der Waals surface area contributed by atoms with Crippen LogP contribution >= 0.6 is 23.2 Å². The number of fused-ring (bicyclic) bond motifs is 1. The van der Waals surface area contributed by atoms with E-state index in [1.807, 2.05) is 12.1 Å². The predicted molar refractivity (Wildman–Crippen MR) is 112 cm³/mol. The molecule has 0 bridgehead atoms. The lowest BCUT2D eigenvalue weighted by Crippen LogP contribution is -1.98. The van der Waals surface area contributed by atoms with Crippen LogP contribution in [0.5, 0.6) is 11.5 Å². The average Bonchev–Trinajstić information content (AvgIpc) is 2.72. The summed E-state index contributed by atoms with van der Waals surface area (Å²) in [4.78, 5) is 20.4. The third-order valence-electron chi connectivity index (χ3n) is 4.34. The van der Waals surface area contributed by atoms with E-state index in [4.69, 9.17) is 32.7 Å². The van der Waals surface area contributed by atoms with Crippen molar-refractivity contribution in [2.45, 2.75) is 12.8 Å². The van der Waals surface area contributed by atoms with E-state index in [1.165, 1.54) is 20.3 Å². The van der Waals surface area contributed by atoms with Gasteiger partial charge in [-0.2, -0.15) is 0 Å². The molecule has 0 aliphatic rings. The second kappa shape index (κ2) is 8.59. The SMILES string of the molecule is C=CC(=O)CCc1cc2cnc(-c3c(Cl)c(OC)cc(OC)c3Cl)cc2cn1. The van der Waals surface area contributed by atoms with E-state index in [1.54, 1.807) is 18.5 Å².